The van der Waals surface area contributed by atoms with Gasteiger partial charge in [-0.15, -0.1) is 0 Å². The molecule has 0 saturated carbocycles. The van der Waals surface area contributed by atoms with Crippen molar-refractivity contribution in [2.45, 2.75) is 13.0 Å². The van der Waals surface area contributed by atoms with Gasteiger partial charge in [-0.05, 0) is 24.1 Å². The molecule has 1 aromatic heterocycles. The first-order valence-electron chi connectivity index (χ1n) is 10.00. The Balaban J connectivity index is 1.18. The van der Waals surface area contributed by atoms with Gasteiger partial charge in [-0.1, -0.05) is 54.6 Å². The summed E-state index contributed by atoms with van der Waals surface area (Å²) in [6.07, 6.45) is 4.54. The third-order valence-corrected chi connectivity index (χ3v) is 4.99. The highest BCUT2D eigenvalue weighted by molar-refractivity contribution is 5.94. The molecule has 1 aliphatic rings. The van der Waals surface area contributed by atoms with Crippen LogP contribution in [0.4, 0.5) is 0 Å². The summed E-state index contributed by atoms with van der Waals surface area (Å²) >= 11 is 0. The molecule has 29 heavy (non-hydrogen) atoms. The van der Waals surface area contributed by atoms with Crippen molar-refractivity contribution in [1.82, 2.24) is 15.2 Å². The Kier molecular flexibility index (Phi) is 6.17. The number of carbonyl (C=O) groups excluding carboxylic acids is 1. The molecule has 4 rings (SSSR count). The molecule has 0 aliphatic carbocycles. The Morgan fingerprint density at radius 2 is 1.93 bits per heavy atom. The van der Waals surface area contributed by atoms with Crippen LogP contribution < -0.4 is 10.1 Å². The summed E-state index contributed by atoms with van der Waals surface area (Å²) in [4.78, 5) is 19.0. The van der Waals surface area contributed by atoms with E-state index in [-0.39, 0.29) is 5.91 Å². The second-order valence-corrected chi connectivity index (χ2v) is 7.17. The molecule has 3 aromatic rings. The van der Waals surface area contributed by atoms with Crippen LogP contribution in [0.2, 0.25) is 0 Å². The molecule has 0 unspecified atom stereocenters. The van der Waals surface area contributed by atoms with Crippen molar-refractivity contribution in [3.8, 4) is 5.75 Å². The highest BCUT2D eigenvalue weighted by Crippen LogP contribution is 2.22. The molecule has 2 heterocycles. The van der Waals surface area contributed by atoms with Crippen LogP contribution in [0.5, 0.6) is 5.75 Å². The Bertz CT molecular complexity index is 996. The van der Waals surface area contributed by atoms with E-state index in [1.54, 1.807) is 6.20 Å². The SMILES string of the molecule is O=C(NCCCOc1cccc2cccnc12)C1=CCN(Cc2ccccc2)C1. The number of aromatic nitrogens is 1. The third kappa shape index (κ3) is 5.00. The number of rotatable bonds is 8. The highest BCUT2D eigenvalue weighted by atomic mass is 16.5. The zero-order valence-electron chi connectivity index (χ0n) is 16.4. The Morgan fingerprint density at radius 3 is 2.83 bits per heavy atom. The fraction of sp³-hybridized carbons (Fsp3) is 0.250. The molecule has 0 fully saturated rings. The van der Waals surface area contributed by atoms with Crippen LogP contribution in [-0.4, -0.2) is 42.0 Å². The standard InChI is InChI=1S/C24H25N3O2/c28-24(21-12-15-27(18-21)17-19-7-2-1-3-8-19)26-14-6-16-29-22-11-4-9-20-10-5-13-25-23(20)22/h1-5,7-13H,6,14-18H2,(H,26,28). The summed E-state index contributed by atoms with van der Waals surface area (Å²) in [6, 6.07) is 20.2. The van der Waals surface area contributed by atoms with Crippen LogP contribution in [0.3, 0.4) is 0 Å². The molecule has 0 atom stereocenters. The quantitative estimate of drug-likeness (QED) is 0.601. The molecule has 2 aromatic carbocycles. The number of ether oxygens (including phenoxy) is 1. The number of nitrogens with one attached hydrogen (secondary N) is 1. The van der Waals surface area contributed by atoms with Crippen LogP contribution in [0.25, 0.3) is 10.9 Å². The van der Waals surface area contributed by atoms with E-state index in [1.807, 2.05) is 54.6 Å². The lowest BCUT2D eigenvalue weighted by Gasteiger charge is -2.15. The smallest absolute Gasteiger partial charge is 0.248 e. The van der Waals surface area contributed by atoms with Crippen molar-refractivity contribution in [3.05, 3.63) is 84.1 Å². The molecular weight excluding hydrogens is 362 g/mol. The van der Waals surface area contributed by atoms with Gasteiger partial charge in [-0.25, -0.2) is 0 Å². The Labute approximate surface area is 171 Å². The van der Waals surface area contributed by atoms with Crippen LogP contribution >= 0.6 is 0 Å². The Hall–Kier alpha value is -3.18. The van der Waals surface area contributed by atoms with Gasteiger partial charge in [-0.2, -0.15) is 0 Å². The van der Waals surface area contributed by atoms with Crippen molar-refractivity contribution in [2.24, 2.45) is 0 Å². The molecule has 5 heteroatoms. The minimum Gasteiger partial charge on any atom is -0.491 e. The van der Waals surface area contributed by atoms with Gasteiger partial charge in [0.1, 0.15) is 11.3 Å². The molecule has 1 amide bonds. The van der Waals surface area contributed by atoms with Gasteiger partial charge in [-0.3, -0.25) is 14.7 Å². The maximum atomic E-state index is 12.4. The number of hydrogen-bond donors (Lipinski definition) is 1. The zero-order chi connectivity index (χ0) is 19.9. The van der Waals surface area contributed by atoms with E-state index in [1.165, 1.54) is 5.56 Å². The minimum atomic E-state index is 0.0207. The maximum Gasteiger partial charge on any atom is 0.248 e. The second kappa shape index (κ2) is 9.34. The average Bonchev–Trinajstić information content (AvgIpc) is 3.23. The van der Waals surface area contributed by atoms with Crippen molar-refractivity contribution in [1.29, 1.82) is 0 Å². The van der Waals surface area contributed by atoms with E-state index in [0.29, 0.717) is 19.7 Å². The summed E-state index contributed by atoms with van der Waals surface area (Å²) in [6.45, 7) is 3.50. The number of benzene rings is 2. The van der Waals surface area contributed by atoms with E-state index < -0.39 is 0 Å². The molecule has 5 nitrogen and oxygen atoms in total. The highest BCUT2D eigenvalue weighted by Gasteiger charge is 2.19. The van der Waals surface area contributed by atoms with Crippen LogP contribution in [0, 0.1) is 0 Å². The van der Waals surface area contributed by atoms with E-state index in [2.05, 4.69) is 27.3 Å². The first-order valence-corrected chi connectivity index (χ1v) is 10.00. The lowest BCUT2D eigenvalue weighted by Crippen LogP contribution is -2.30. The minimum absolute atomic E-state index is 0.0207. The third-order valence-electron chi connectivity index (χ3n) is 4.99. The number of para-hydroxylation sites is 1. The molecule has 0 spiro atoms. The van der Waals surface area contributed by atoms with Gasteiger partial charge in [0.2, 0.25) is 5.91 Å². The summed E-state index contributed by atoms with van der Waals surface area (Å²) in [5.74, 6) is 0.803. The first-order chi connectivity index (χ1) is 14.3. The van der Waals surface area contributed by atoms with E-state index in [0.717, 1.165) is 41.7 Å². The van der Waals surface area contributed by atoms with E-state index >= 15 is 0 Å². The van der Waals surface area contributed by atoms with E-state index in [4.69, 9.17) is 4.74 Å². The summed E-state index contributed by atoms with van der Waals surface area (Å²) in [7, 11) is 0. The van der Waals surface area contributed by atoms with Crippen molar-refractivity contribution < 1.29 is 9.53 Å². The number of fused-ring (bicyclic) bond motifs is 1. The second-order valence-electron chi connectivity index (χ2n) is 7.17. The lowest BCUT2D eigenvalue weighted by atomic mass is 10.2. The average molecular weight is 387 g/mol. The van der Waals surface area contributed by atoms with E-state index in [9.17, 15) is 4.79 Å². The number of hydrogen-bond acceptors (Lipinski definition) is 4. The van der Waals surface area contributed by atoms with Gasteiger partial charge in [0.25, 0.3) is 0 Å². The predicted molar refractivity (Wildman–Crippen MR) is 115 cm³/mol. The normalized spacial score (nSPS) is 14.0. The van der Waals surface area contributed by atoms with Gasteiger partial charge < -0.3 is 10.1 Å². The molecule has 1 N–H and O–H groups in total. The van der Waals surface area contributed by atoms with Crippen molar-refractivity contribution in [3.63, 3.8) is 0 Å². The van der Waals surface area contributed by atoms with Crippen LogP contribution in [-0.2, 0) is 11.3 Å². The number of nitrogens with zero attached hydrogens (tertiary/aromatic N) is 2. The van der Waals surface area contributed by atoms with Gasteiger partial charge in [0, 0.05) is 43.3 Å². The molecule has 148 valence electrons. The number of pyridine rings is 1. The number of carbonyl (C=O) groups is 1. The molecule has 0 saturated heterocycles. The molecular formula is C24H25N3O2. The zero-order valence-corrected chi connectivity index (χ0v) is 16.4. The van der Waals surface area contributed by atoms with Crippen molar-refractivity contribution >= 4 is 16.8 Å². The summed E-state index contributed by atoms with van der Waals surface area (Å²) < 4.78 is 5.87. The maximum absolute atomic E-state index is 12.4. The van der Waals surface area contributed by atoms with Gasteiger partial charge in [0.05, 0.1) is 6.61 Å². The topological polar surface area (TPSA) is 54.5 Å². The largest absolute Gasteiger partial charge is 0.491 e. The summed E-state index contributed by atoms with van der Waals surface area (Å²) in [5.41, 5.74) is 2.98. The van der Waals surface area contributed by atoms with Gasteiger partial charge in [0.15, 0.2) is 0 Å². The molecule has 0 radical (unpaired) electrons. The lowest BCUT2D eigenvalue weighted by molar-refractivity contribution is -0.117. The van der Waals surface area contributed by atoms with Crippen LogP contribution in [0.15, 0.2) is 78.5 Å². The first kappa shape index (κ1) is 19.2. The molecule has 1 aliphatic heterocycles. The van der Waals surface area contributed by atoms with Gasteiger partial charge >= 0.3 is 0 Å². The summed E-state index contributed by atoms with van der Waals surface area (Å²) in [5, 5.41) is 4.06. The fourth-order valence-electron chi connectivity index (χ4n) is 3.50. The fourth-order valence-corrected chi connectivity index (χ4v) is 3.50. The monoisotopic (exact) mass is 387 g/mol. The Morgan fingerprint density at radius 1 is 1.07 bits per heavy atom. The van der Waals surface area contributed by atoms with Crippen LogP contribution in [0.1, 0.15) is 12.0 Å². The molecule has 0 bridgehead atoms. The number of amides is 1. The predicted octanol–water partition coefficient (Wildman–Crippen LogP) is 3.56. The van der Waals surface area contributed by atoms with Crippen molar-refractivity contribution in [2.75, 3.05) is 26.2 Å².